The lowest BCUT2D eigenvalue weighted by Crippen LogP contribution is -2.37. The molecule has 13 nitrogen and oxygen atoms in total. The maximum Gasteiger partial charge on any atom is 0.294 e. The third-order valence-electron chi connectivity index (χ3n) is 11.7. The van der Waals surface area contributed by atoms with Gasteiger partial charge in [-0.1, -0.05) is 96.0 Å². The van der Waals surface area contributed by atoms with Crippen molar-refractivity contribution < 1.29 is 43.5 Å². The standard InChI is InChI=1S/C27H30BrNO6.C22H22BrN3O3/c1-27(2,16-35-21-10-6-7-15-34-21)25(31)22-23(19-8-4-5-9-20(19)33-3)29(26(32)24(22)30)18-13-11-17(28)12-14-18;1-22(2,12-27)20-17-18(24-25-20)21(28)26(14-10-8-13(23)9-11-14)19(17)15-6-4-5-7-16(15)29-3/h4-5,8-9,11-14,21,23,30H,6-7,10,15-16H2,1-3H3;4-11,19,27H,12H2,1-3H3,(H,24,25). The highest BCUT2D eigenvalue weighted by Gasteiger charge is 2.49. The Hall–Kier alpha value is -5.32. The highest BCUT2D eigenvalue weighted by atomic mass is 79.9. The average molecular weight is 1000 g/mol. The molecule has 2 amide bonds. The molecule has 0 radical (unpaired) electrons. The van der Waals surface area contributed by atoms with E-state index >= 15 is 0 Å². The largest absolute Gasteiger partial charge is 0.503 e. The number of benzene rings is 4. The number of anilines is 2. The molecule has 1 aromatic heterocycles. The number of para-hydroxylation sites is 2. The minimum atomic E-state index is -1.01. The summed E-state index contributed by atoms with van der Waals surface area (Å²) in [5.41, 5.74) is 3.11. The Kier molecular flexibility index (Phi) is 14.2. The molecule has 8 rings (SSSR count). The van der Waals surface area contributed by atoms with Gasteiger partial charge in [-0.05, 0) is 79.9 Å². The van der Waals surface area contributed by atoms with Crippen molar-refractivity contribution in [2.45, 2.75) is 70.7 Å². The summed E-state index contributed by atoms with van der Waals surface area (Å²) in [6.45, 7) is 8.01. The first-order chi connectivity index (χ1) is 30.6. The topological polar surface area (TPSA) is 164 Å². The fourth-order valence-electron chi connectivity index (χ4n) is 8.26. The van der Waals surface area contributed by atoms with Crippen molar-refractivity contribution in [1.29, 1.82) is 0 Å². The number of ketones is 1. The van der Waals surface area contributed by atoms with Crippen molar-refractivity contribution in [3.63, 3.8) is 0 Å². The molecule has 0 spiro atoms. The molecule has 4 heterocycles. The summed E-state index contributed by atoms with van der Waals surface area (Å²) < 4.78 is 24.5. The first-order valence-electron chi connectivity index (χ1n) is 21.0. The number of nitrogens with one attached hydrogen (secondary N) is 1. The molecular formula is C49H52Br2N4O9. The van der Waals surface area contributed by atoms with Crippen molar-refractivity contribution in [2.75, 3.05) is 43.8 Å². The number of amides is 2. The number of halogens is 2. The van der Waals surface area contributed by atoms with Crippen LogP contribution in [0.4, 0.5) is 11.4 Å². The highest BCUT2D eigenvalue weighted by Crippen LogP contribution is 2.48. The minimum Gasteiger partial charge on any atom is -0.503 e. The van der Waals surface area contributed by atoms with Crippen molar-refractivity contribution in [3.05, 3.63) is 145 Å². The fourth-order valence-corrected chi connectivity index (χ4v) is 8.78. The van der Waals surface area contributed by atoms with Gasteiger partial charge in [0.1, 0.15) is 11.5 Å². The zero-order valence-electron chi connectivity index (χ0n) is 36.6. The molecular weight excluding hydrogens is 948 g/mol. The molecule has 3 atom stereocenters. The SMILES string of the molecule is COc1ccccc1C1C(C(=O)C(C)(C)COC2CCCCO2)=C(O)C(=O)N1c1ccc(Br)cc1.COc1ccccc1C1c2c(n[nH]c2C(C)(C)CO)C(=O)N1c1ccc(Br)cc1. The minimum absolute atomic E-state index is 0.0283. The molecule has 3 aliphatic heterocycles. The molecule has 3 unspecified atom stereocenters. The fraction of sp³-hybridized carbons (Fsp3) is 0.347. The van der Waals surface area contributed by atoms with E-state index in [0.717, 1.165) is 50.7 Å². The van der Waals surface area contributed by atoms with Gasteiger partial charge in [0.15, 0.2) is 23.5 Å². The number of aromatic nitrogens is 2. The van der Waals surface area contributed by atoms with Crippen molar-refractivity contribution in [3.8, 4) is 11.5 Å². The predicted molar refractivity (Wildman–Crippen MR) is 250 cm³/mol. The second kappa shape index (κ2) is 19.4. The number of nitrogens with zero attached hydrogens (tertiary/aromatic N) is 3. The van der Waals surface area contributed by atoms with E-state index in [1.54, 1.807) is 62.3 Å². The van der Waals surface area contributed by atoms with Crippen LogP contribution < -0.4 is 19.3 Å². The number of carbonyl (C=O) groups excluding carboxylic acids is 3. The van der Waals surface area contributed by atoms with Crippen molar-refractivity contribution >= 4 is 60.8 Å². The van der Waals surface area contributed by atoms with Crippen LogP contribution >= 0.6 is 31.9 Å². The molecule has 4 aromatic carbocycles. The lowest BCUT2D eigenvalue weighted by atomic mass is 9.81. The van der Waals surface area contributed by atoms with E-state index in [-0.39, 0.29) is 36.8 Å². The van der Waals surface area contributed by atoms with Gasteiger partial charge in [-0.3, -0.25) is 29.3 Å². The van der Waals surface area contributed by atoms with Crippen LogP contribution in [0.1, 0.15) is 91.9 Å². The van der Waals surface area contributed by atoms with E-state index in [9.17, 15) is 24.6 Å². The normalized spacial score (nSPS) is 18.8. The maximum absolute atomic E-state index is 13.9. The maximum atomic E-state index is 13.9. The molecule has 3 N–H and O–H groups in total. The average Bonchev–Trinajstić information content (AvgIpc) is 3.96. The lowest BCUT2D eigenvalue weighted by molar-refractivity contribution is -0.177. The summed E-state index contributed by atoms with van der Waals surface area (Å²) in [4.78, 5) is 43.9. The summed E-state index contributed by atoms with van der Waals surface area (Å²) >= 11 is 6.86. The molecule has 15 heteroatoms. The Morgan fingerprint density at radius 2 is 1.33 bits per heavy atom. The van der Waals surface area contributed by atoms with E-state index in [1.807, 2.05) is 74.5 Å². The van der Waals surface area contributed by atoms with Crippen molar-refractivity contribution in [1.82, 2.24) is 10.2 Å². The molecule has 336 valence electrons. The summed E-state index contributed by atoms with van der Waals surface area (Å²) in [5.74, 6) is -0.551. The van der Waals surface area contributed by atoms with Crippen LogP contribution in [0.5, 0.6) is 11.5 Å². The Balaban J connectivity index is 0.000000195. The van der Waals surface area contributed by atoms with Gasteiger partial charge in [0, 0.05) is 54.7 Å². The van der Waals surface area contributed by atoms with E-state index in [4.69, 9.17) is 18.9 Å². The van der Waals surface area contributed by atoms with Gasteiger partial charge >= 0.3 is 0 Å². The van der Waals surface area contributed by atoms with Crippen LogP contribution in [0.2, 0.25) is 0 Å². The Labute approximate surface area is 389 Å². The zero-order valence-corrected chi connectivity index (χ0v) is 39.7. The molecule has 5 aromatic rings. The Bertz CT molecular complexity index is 2530. The van der Waals surface area contributed by atoms with Gasteiger partial charge in [-0.2, -0.15) is 5.10 Å². The number of rotatable bonds is 13. The number of aromatic amines is 1. The summed E-state index contributed by atoms with van der Waals surface area (Å²) in [5, 5.41) is 28.3. The van der Waals surface area contributed by atoms with Crippen LogP contribution in [0.15, 0.2) is 117 Å². The van der Waals surface area contributed by atoms with Gasteiger partial charge in [0.25, 0.3) is 11.8 Å². The van der Waals surface area contributed by atoms with Crippen LogP contribution in [-0.2, 0) is 24.5 Å². The van der Waals surface area contributed by atoms with Gasteiger partial charge in [-0.25, -0.2) is 0 Å². The number of ether oxygens (including phenoxy) is 4. The number of hydrogen-bond donors (Lipinski definition) is 3. The summed E-state index contributed by atoms with van der Waals surface area (Å²) in [6.07, 6.45) is 2.43. The van der Waals surface area contributed by atoms with E-state index in [2.05, 4.69) is 42.1 Å². The number of H-pyrrole nitrogens is 1. The number of hydrogen-bond acceptors (Lipinski definition) is 10. The summed E-state index contributed by atoms with van der Waals surface area (Å²) in [6, 6.07) is 28.3. The molecule has 64 heavy (non-hydrogen) atoms. The number of aliphatic hydroxyl groups is 2. The first-order valence-corrected chi connectivity index (χ1v) is 22.6. The number of carbonyl (C=O) groups is 3. The summed E-state index contributed by atoms with van der Waals surface area (Å²) in [7, 11) is 3.15. The molecule has 0 bridgehead atoms. The third-order valence-corrected chi connectivity index (χ3v) is 12.8. The number of Topliss-reactive ketones (excluding diaryl/α,β-unsaturated/α-hetero) is 1. The molecule has 0 aliphatic carbocycles. The van der Waals surface area contributed by atoms with Crippen LogP contribution in [0.25, 0.3) is 0 Å². The lowest BCUT2D eigenvalue weighted by Gasteiger charge is -2.32. The molecule has 3 aliphatic rings. The second-order valence-electron chi connectivity index (χ2n) is 17.1. The van der Waals surface area contributed by atoms with E-state index in [0.29, 0.717) is 35.1 Å². The third kappa shape index (κ3) is 9.14. The second-order valence-corrected chi connectivity index (χ2v) is 18.9. The highest BCUT2D eigenvalue weighted by molar-refractivity contribution is 9.10. The number of aliphatic hydroxyl groups excluding tert-OH is 2. The number of methoxy groups -OCH3 is 2. The zero-order chi connectivity index (χ0) is 45.9. The van der Waals surface area contributed by atoms with Gasteiger partial charge < -0.3 is 29.2 Å². The number of fused-ring (bicyclic) bond motifs is 1. The molecule has 0 saturated carbocycles. The van der Waals surface area contributed by atoms with Gasteiger partial charge in [-0.15, -0.1) is 0 Å². The Morgan fingerprint density at radius 3 is 1.84 bits per heavy atom. The smallest absolute Gasteiger partial charge is 0.294 e. The monoisotopic (exact) mass is 998 g/mol. The predicted octanol–water partition coefficient (Wildman–Crippen LogP) is 9.70. The van der Waals surface area contributed by atoms with Crippen LogP contribution in [-0.4, -0.2) is 78.3 Å². The quantitative estimate of drug-likeness (QED) is 0.104. The molecule has 1 saturated heterocycles. The Morgan fingerprint density at radius 1 is 0.797 bits per heavy atom. The first kappa shape index (κ1) is 46.7. The van der Waals surface area contributed by atoms with Crippen LogP contribution in [0.3, 0.4) is 0 Å². The van der Waals surface area contributed by atoms with Crippen molar-refractivity contribution in [2.24, 2.45) is 5.41 Å². The van der Waals surface area contributed by atoms with E-state index in [1.165, 1.54) is 12.0 Å². The van der Waals surface area contributed by atoms with E-state index < -0.39 is 34.6 Å². The van der Waals surface area contributed by atoms with Gasteiger partial charge in [0.2, 0.25) is 0 Å². The van der Waals surface area contributed by atoms with Gasteiger partial charge in [0.05, 0.1) is 50.5 Å². The van der Waals surface area contributed by atoms with Crippen LogP contribution in [0, 0.1) is 5.41 Å². The molecule has 1 fully saturated rings.